The van der Waals surface area contributed by atoms with E-state index in [-0.39, 0.29) is 31.1 Å². The molecule has 0 unspecified atom stereocenters. The molecule has 1 aromatic carbocycles. The van der Waals surface area contributed by atoms with Crippen LogP contribution in [0.15, 0.2) is 53.2 Å². The van der Waals surface area contributed by atoms with E-state index >= 15 is 0 Å². The van der Waals surface area contributed by atoms with Crippen molar-refractivity contribution in [2.45, 2.75) is 50.6 Å². The number of carbonyl (C=O) groups excluding carboxylic acids is 2. The number of anilines is 1. The molecule has 1 aliphatic carbocycles. The molecule has 172 valence electrons. The normalized spacial score (nSPS) is 16.4. The van der Waals surface area contributed by atoms with Gasteiger partial charge in [0.1, 0.15) is 6.04 Å². The van der Waals surface area contributed by atoms with Gasteiger partial charge in [-0.05, 0) is 47.9 Å². The fourth-order valence-electron chi connectivity index (χ4n) is 4.47. The van der Waals surface area contributed by atoms with E-state index in [9.17, 15) is 9.59 Å². The number of carbonyl (C=O) groups is 2. The molecule has 0 radical (unpaired) electrons. The molecule has 0 bridgehead atoms. The molecule has 2 aromatic heterocycles. The fourth-order valence-corrected chi connectivity index (χ4v) is 5.98. The first-order chi connectivity index (χ1) is 16.2. The van der Waals surface area contributed by atoms with Gasteiger partial charge in [-0.15, -0.1) is 22.7 Å². The predicted octanol–water partition coefficient (Wildman–Crippen LogP) is 5.30. The van der Waals surface area contributed by atoms with E-state index in [1.165, 1.54) is 29.1 Å². The van der Waals surface area contributed by atoms with Crippen molar-refractivity contribution < 1.29 is 19.1 Å². The van der Waals surface area contributed by atoms with Crippen molar-refractivity contribution in [1.82, 2.24) is 5.32 Å². The Labute approximate surface area is 201 Å². The zero-order chi connectivity index (χ0) is 22.6. The van der Waals surface area contributed by atoms with Gasteiger partial charge in [-0.2, -0.15) is 0 Å². The highest BCUT2D eigenvalue weighted by Crippen LogP contribution is 2.39. The molecule has 1 N–H and O–H groups in total. The van der Waals surface area contributed by atoms with E-state index in [0.717, 1.165) is 35.4 Å². The van der Waals surface area contributed by atoms with Crippen molar-refractivity contribution in [3.8, 4) is 11.5 Å². The molecular formula is C25H26N2O4S2. The SMILES string of the molecule is O=C(NC1CCCCC1)[C@@H](c1cccs1)N(C(=O)Cc1cccs1)c1ccc2c(c1)OCO2. The summed E-state index contributed by atoms with van der Waals surface area (Å²) in [5, 5.41) is 7.14. The number of hydrogen-bond acceptors (Lipinski definition) is 6. The van der Waals surface area contributed by atoms with Crippen LogP contribution in [0.4, 0.5) is 5.69 Å². The van der Waals surface area contributed by atoms with Gasteiger partial charge in [0, 0.05) is 27.5 Å². The van der Waals surface area contributed by atoms with E-state index in [1.54, 1.807) is 17.0 Å². The van der Waals surface area contributed by atoms with Gasteiger partial charge in [0.2, 0.25) is 18.6 Å². The lowest BCUT2D eigenvalue weighted by Crippen LogP contribution is -2.47. The first-order valence-corrected chi connectivity index (χ1v) is 13.0. The van der Waals surface area contributed by atoms with Crippen LogP contribution in [0, 0.1) is 0 Å². The number of hydrogen-bond donors (Lipinski definition) is 1. The molecule has 1 aliphatic heterocycles. The molecule has 3 heterocycles. The second-order valence-electron chi connectivity index (χ2n) is 8.32. The lowest BCUT2D eigenvalue weighted by atomic mass is 9.95. The van der Waals surface area contributed by atoms with Crippen LogP contribution in [-0.4, -0.2) is 24.6 Å². The number of amides is 2. The van der Waals surface area contributed by atoms with E-state index < -0.39 is 6.04 Å². The summed E-state index contributed by atoms with van der Waals surface area (Å²) in [5.74, 6) is 0.956. The van der Waals surface area contributed by atoms with Gasteiger partial charge >= 0.3 is 0 Å². The smallest absolute Gasteiger partial charge is 0.248 e. The molecule has 0 saturated heterocycles. The highest BCUT2D eigenvalue weighted by molar-refractivity contribution is 7.10. The molecule has 1 fully saturated rings. The van der Waals surface area contributed by atoms with Crippen LogP contribution in [0.3, 0.4) is 0 Å². The number of nitrogens with zero attached hydrogens (tertiary/aromatic N) is 1. The van der Waals surface area contributed by atoms with Crippen molar-refractivity contribution in [3.05, 3.63) is 63.0 Å². The summed E-state index contributed by atoms with van der Waals surface area (Å²) < 4.78 is 11.0. The maximum Gasteiger partial charge on any atom is 0.248 e. The Kier molecular flexibility index (Phi) is 6.64. The van der Waals surface area contributed by atoms with E-state index in [0.29, 0.717) is 17.2 Å². The van der Waals surface area contributed by atoms with Crippen LogP contribution in [0.5, 0.6) is 11.5 Å². The van der Waals surface area contributed by atoms with Gasteiger partial charge in [0.25, 0.3) is 0 Å². The van der Waals surface area contributed by atoms with Crippen molar-refractivity contribution >= 4 is 40.2 Å². The molecule has 3 aromatic rings. The molecular weight excluding hydrogens is 456 g/mol. The first kappa shape index (κ1) is 22.0. The minimum atomic E-state index is -0.750. The monoisotopic (exact) mass is 482 g/mol. The summed E-state index contributed by atoms with van der Waals surface area (Å²) in [5.41, 5.74) is 0.623. The maximum atomic E-state index is 13.7. The Hall–Kier alpha value is -2.84. The number of benzene rings is 1. The molecule has 2 amide bonds. The third-order valence-corrected chi connectivity index (χ3v) is 7.88. The van der Waals surface area contributed by atoms with Crippen molar-refractivity contribution in [1.29, 1.82) is 0 Å². The van der Waals surface area contributed by atoms with Crippen LogP contribution in [0.2, 0.25) is 0 Å². The van der Waals surface area contributed by atoms with Gasteiger partial charge in [0.15, 0.2) is 11.5 Å². The molecule has 0 spiro atoms. The van der Waals surface area contributed by atoms with Crippen molar-refractivity contribution in [3.63, 3.8) is 0 Å². The predicted molar refractivity (Wildman–Crippen MR) is 130 cm³/mol. The van der Waals surface area contributed by atoms with Gasteiger partial charge in [-0.1, -0.05) is 31.4 Å². The lowest BCUT2D eigenvalue weighted by molar-refractivity contribution is -0.127. The summed E-state index contributed by atoms with van der Waals surface area (Å²) in [7, 11) is 0. The van der Waals surface area contributed by atoms with E-state index in [2.05, 4.69) is 5.32 Å². The lowest BCUT2D eigenvalue weighted by Gasteiger charge is -2.32. The standard InChI is InChI=1S/C25H26N2O4S2/c28-23(15-19-8-4-12-32-19)27(18-10-11-20-21(14-18)31-16-30-20)24(22-9-5-13-33-22)25(29)26-17-6-2-1-3-7-17/h4-5,8-14,17,24H,1-3,6-7,15-16H2,(H,26,29)/t24-/m1/s1. The Morgan fingerprint density at radius 3 is 2.55 bits per heavy atom. The van der Waals surface area contributed by atoms with Gasteiger partial charge in [-0.25, -0.2) is 0 Å². The summed E-state index contributed by atoms with van der Waals surface area (Å²) in [6, 6.07) is 12.6. The molecule has 33 heavy (non-hydrogen) atoms. The largest absolute Gasteiger partial charge is 0.454 e. The minimum Gasteiger partial charge on any atom is -0.454 e. The summed E-state index contributed by atoms with van der Waals surface area (Å²) in [6.07, 6.45) is 5.65. The van der Waals surface area contributed by atoms with Crippen LogP contribution < -0.4 is 19.7 Å². The first-order valence-electron chi connectivity index (χ1n) is 11.3. The number of rotatable bonds is 7. The Bertz CT molecular complexity index is 1090. The summed E-state index contributed by atoms with van der Waals surface area (Å²) in [6.45, 7) is 0.151. The third-order valence-electron chi connectivity index (χ3n) is 6.08. The second-order valence-corrected chi connectivity index (χ2v) is 10.3. The zero-order valence-electron chi connectivity index (χ0n) is 18.2. The molecule has 2 aliphatic rings. The van der Waals surface area contributed by atoms with Gasteiger partial charge in [-0.3, -0.25) is 14.5 Å². The Morgan fingerprint density at radius 1 is 1.00 bits per heavy atom. The molecule has 1 atom stereocenters. The van der Waals surface area contributed by atoms with Crippen molar-refractivity contribution in [2.24, 2.45) is 0 Å². The average Bonchev–Trinajstić information content (AvgIpc) is 3.60. The molecule has 5 rings (SSSR count). The number of ether oxygens (including phenoxy) is 2. The van der Waals surface area contributed by atoms with Gasteiger partial charge in [0.05, 0.1) is 6.42 Å². The molecule has 6 nitrogen and oxygen atoms in total. The van der Waals surface area contributed by atoms with Crippen LogP contribution in [0.1, 0.15) is 47.9 Å². The quantitative estimate of drug-likeness (QED) is 0.496. The number of fused-ring (bicyclic) bond motifs is 1. The Balaban J connectivity index is 1.52. The van der Waals surface area contributed by atoms with E-state index in [4.69, 9.17) is 9.47 Å². The molecule has 8 heteroatoms. The second kappa shape index (κ2) is 9.97. The van der Waals surface area contributed by atoms with Gasteiger partial charge < -0.3 is 14.8 Å². The zero-order valence-corrected chi connectivity index (χ0v) is 19.8. The molecule has 1 saturated carbocycles. The van der Waals surface area contributed by atoms with Crippen LogP contribution in [-0.2, 0) is 16.0 Å². The van der Waals surface area contributed by atoms with Crippen molar-refractivity contribution in [2.75, 3.05) is 11.7 Å². The topological polar surface area (TPSA) is 67.9 Å². The average molecular weight is 483 g/mol. The number of nitrogens with one attached hydrogen (secondary N) is 1. The van der Waals surface area contributed by atoms with Crippen LogP contribution >= 0.6 is 22.7 Å². The fraction of sp³-hybridized carbons (Fsp3) is 0.360. The highest BCUT2D eigenvalue weighted by Gasteiger charge is 2.35. The third kappa shape index (κ3) is 4.91. The highest BCUT2D eigenvalue weighted by atomic mass is 32.1. The summed E-state index contributed by atoms with van der Waals surface area (Å²) >= 11 is 3.03. The minimum absolute atomic E-state index is 0.131. The summed E-state index contributed by atoms with van der Waals surface area (Å²) in [4.78, 5) is 30.9. The van der Waals surface area contributed by atoms with Crippen LogP contribution in [0.25, 0.3) is 0 Å². The number of thiophene rings is 2. The maximum absolute atomic E-state index is 13.7. The van der Waals surface area contributed by atoms with E-state index in [1.807, 2.05) is 41.1 Å². The Morgan fingerprint density at radius 2 is 1.79 bits per heavy atom.